The first-order valence-electron chi connectivity index (χ1n) is 6.06. The molecule has 1 aromatic rings. The molecule has 0 aromatic heterocycles. The average molecular weight is 282 g/mol. The molecule has 2 N–H and O–H groups in total. The number of carbonyl (C=O) groups excluding carboxylic acids is 1. The summed E-state index contributed by atoms with van der Waals surface area (Å²) in [6.07, 6.45) is 0. The Morgan fingerprint density at radius 3 is 2.50 bits per heavy atom. The predicted octanol–water partition coefficient (Wildman–Crippen LogP) is 2.15. The number of benzene rings is 1. The van der Waals surface area contributed by atoms with E-state index in [4.69, 9.17) is 15.2 Å². The number of nitrogen functional groups attached to an aromatic ring is 1. The molecule has 0 unspecified atom stereocenters. The molecule has 0 atom stereocenters. The van der Waals surface area contributed by atoms with Crippen LogP contribution >= 0.6 is 0 Å². The van der Waals surface area contributed by atoms with Gasteiger partial charge in [-0.15, -0.1) is 0 Å². The van der Waals surface area contributed by atoms with E-state index in [9.17, 15) is 14.9 Å². The summed E-state index contributed by atoms with van der Waals surface area (Å²) in [7, 11) is 0. The van der Waals surface area contributed by atoms with Crippen molar-refractivity contribution in [2.75, 3.05) is 18.9 Å². The van der Waals surface area contributed by atoms with Crippen LogP contribution in [0.5, 0.6) is 0 Å². The van der Waals surface area contributed by atoms with Gasteiger partial charge in [-0.2, -0.15) is 0 Å². The molecule has 7 nitrogen and oxygen atoms in total. The summed E-state index contributed by atoms with van der Waals surface area (Å²) in [5.41, 5.74) is 5.24. The van der Waals surface area contributed by atoms with Crippen molar-refractivity contribution >= 4 is 17.3 Å². The fourth-order valence-electron chi connectivity index (χ4n) is 1.41. The quantitative estimate of drug-likeness (QED) is 0.292. The van der Waals surface area contributed by atoms with E-state index in [1.807, 2.05) is 20.8 Å². The van der Waals surface area contributed by atoms with Gasteiger partial charge in [0.05, 0.1) is 28.4 Å². The minimum absolute atomic E-state index is 0.0148. The lowest BCUT2D eigenvalue weighted by molar-refractivity contribution is -0.384. The summed E-state index contributed by atoms with van der Waals surface area (Å²) in [5.74, 6) is -0.630. The molecule has 0 aliphatic rings. The van der Waals surface area contributed by atoms with Gasteiger partial charge in [-0.05, 0) is 26.8 Å². The first-order chi connectivity index (χ1) is 9.20. The predicted molar refractivity (Wildman–Crippen MR) is 73.5 cm³/mol. The number of nitrogens with two attached hydrogens (primary N) is 1. The van der Waals surface area contributed by atoms with Crippen molar-refractivity contribution in [2.24, 2.45) is 0 Å². The first kappa shape index (κ1) is 15.9. The van der Waals surface area contributed by atoms with Gasteiger partial charge in [0.25, 0.3) is 5.69 Å². The molecule has 0 heterocycles. The van der Waals surface area contributed by atoms with Crippen molar-refractivity contribution in [1.82, 2.24) is 0 Å². The van der Waals surface area contributed by atoms with Crippen LogP contribution in [0.1, 0.15) is 31.1 Å². The van der Waals surface area contributed by atoms with E-state index in [-0.39, 0.29) is 35.8 Å². The fourth-order valence-corrected chi connectivity index (χ4v) is 1.41. The first-order valence-corrected chi connectivity index (χ1v) is 6.06. The van der Waals surface area contributed by atoms with Crippen molar-refractivity contribution in [2.45, 2.75) is 26.4 Å². The maximum absolute atomic E-state index is 11.7. The molecule has 0 spiro atoms. The molecular formula is C13H18N2O5. The smallest absolute Gasteiger partial charge is 0.340 e. The summed E-state index contributed by atoms with van der Waals surface area (Å²) in [6.45, 7) is 6.03. The molecule has 0 fully saturated rings. The van der Waals surface area contributed by atoms with Crippen molar-refractivity contribution < 1.29 is 19.2 Å². The monoisotopic (exact) mass is 282 g/mol. The van der Waals surface area contributed by atoms with Crippen LogP contribution in [0.4, 0.5) is 11.4 Å². The highest BCUT2D eigenvalue weighted by Gasteiger charge is 2.16. The van der Waals surface area contributed by atoms with Crippen LogP contribution in [-0.2, 0) is 9.47 Å². The van der Waals surface area contributed by atoms with E-state index >= 15 is 0 Å². The summed E-state index contributed by atoms with van der Waals surface area (Å²) >= 11 is 0. The zero-order valence-electron chi connectivity index (χ0n) is 11.7. The van der Waals surface area contributed by atoms with Crippen molar-refractivity contribution in [3.05, 3.63) is 33.9 Å². The van der Waals surface area contributed by atoms with Gasteiger partial charge in [-0.1, -0.05) is 0 Å². The Morgan fingerprint density at radius 2 is 2.00 bits per heavy atom. The molecule has 0 bridgehead atoms. The normalized spacial score (nSPS) is 11.2. The third-order valence-electron chi connectivity index (χ3n) is 2.32. The van der Waals surface area contributed by atoms with Crippen LogP contribution < -0.4 is 5.73 Å². The molecule has 7 heteroatoms. The second-order valence-corrected chi connectivity index (χ2v) is 5.13. The van der Waals surface area contributed by atoms with Gasteiger partial charge in [0.1, 0.15) is 6.61 Å². The Morgan fingerprint density at radius 1 is 1.35 bits per heavy atom. The molecule has 1 aromatic carbocycles. The maximum atomic E-state index is 11.7. The standard InChI is InChI=1S/C13H18N2O5/c1-13(2,3)20-7-6-19-12(16)10-5-4-9(15(17)18)8-11(10)14/h4-5,8H,6-7,14H2,1-3H3. The Kier molecular flexibility index (Phi) is 5.04. The Hall–Kier alpha value is -2.15. The lowest BCUT2D eigenvalue weighted by atomic mass is 10.1. The summed E-state index contributed by atoms with van der Waals surface area (Å²) in [6, 6.07) is 3.61. The van der Waals surface area contributed by atoms with Crippen molar-refractivity contribution in [3.63, 3.8) is 0 Å². The van der Waals surface area contributed by atoms with E-state index in [2.05, 4.69) is 0 Å². The molecule has 20 heavy (non-hydrogen) atoms. The molecule has 0 aliphatic heterocycles. The van der Waals surface area contributed by atoms with Crippen molar-refractivity contribution in [1.29, 1.82) is 0 Å². The summed E-state index contributed by atoms with van der Waals surface area (Å²) in [4.78, 5) is 21.7. The van der Waals surface area contributed by atoms with Gasteiger partial charge in [-0.3, -0.25) is 10.1 Å². The highest BCUT2D eigenvalue weighted by atomic mass is 16.6. The molecule has 0 amide bonds. The Labute approximate surface area is 116 Å². The summed E-state index contributed by atoms with van der Waals surface area (Å²) in [5, 5.41) is 10.6. The number of nitrogens with zero attached hydrogens (tertiary/aromatic N) is 1. The van der Waals surface area contributed by atoms with Gasteiger partial charge in [-0.25, -0.2) is 4.79 Å². The summed E-state index contributed by atoms with van der Waals surface area (Å²) < 4.78 is 10.4. The zero-order chi connectivity index (χ0) is 15.3. The minimum Gasteiger partial charge on any atom is -0.460 e. The number of carbonyl (C=O) groups is 1. The van der Waals surface area contributed by atoms with E-state index in [1.165, 1.54) is 12.1 Å². The number of non-ortho nitro benzene ring substituents is 1. The molecule has 0 aliphatic carbocycles. The Bertz CT molecular complexity index is 508. The van der Waals surface area contributed by atoms with Gasteiger partial charge in [0.2, 0.25) is 0 Å². The van der Waals surface area contributed by atoms with E-state index in [0.717, 1.165) is 6.07 Å². The maximum Gasteiger partial charge on any atom is 0.340 e. The highest BCUT2D eigenvalue weighted by molar-refractivity contribution is 5.95. The lowest BCUT2D eigenvalue weighted by Gasteiger charge is -2.19. The molecule has 0 saturated carbocycles. The lowest BCUT2D eigenvalue weighted by Crippen LogP contribution is -2.22. The molecule has 1 rings (SSSR count). The van der Waals surface area contributed by atoms with Crippen molar-refractivity contribution in [3.8, 4) is 0 Å². The minimum atomic E-state index is -0.630. The topological polar surface area (TPSA) is 105 Å². The zero-order valence-corrected chi connectivity index (χ0v) is 11.7. The second-order valence-electron chi connectivity index (χ2n) is 5.13. The number of ether oxygens (including phenoxy) is 2. The fraction of sp³-hybridized carbons (Fsp3) is 0.462. The number of esters is 1. The van der Waals surface area contributed by atoms with E-state index in [1.54, 1.807) is 0 Å². The van der Waals surface area contributed by atoms with Crippen LogP contribution in [0, 0.1) is 10.1 Å². The third kappa shape index (κ3) is 4.85. The van der Waals surface area contributed by atoms with Gasteiger partial charge in [0, 0.05) is 12.1 Å². The molecule has 110 valence electrons. The van der Waals surface area contributed by atoms with Crippen LogP contribution in [0.2, 0.25) is 0 Å². The average Bonchev–Trinajstić information content (AvgIpc) is 2.33. The van der Waals surface area contributed by atoms with Gasteiger partial charge in [0.15, 0.2) is 0 Å². The number of rotatable bonds is 5. The van der Waals surface area contributed by atoms with E-state index < -0.39 is 10.9 Å². The second kappa shape index (κ2) is 6.33. The Balaban J connectivity index is 2.58. The highest BCUT2D eigenvalue weighted by Crippen LogP contribution is 2.20. The number of nitro benzene ring substituents is 1. The van der Waals surface area contributed by atoms with Crippen LogP contribution in [0.15, 0.2) is 18.2 Å². The molecule has 0 radical (unpaired) electrons. The molecular weight excluding hydrogens is 264 g/mol. The van der Waals surface area contributed by atoms with Crippen LogP contribution in [-0.4, -0.2) is 29.7 Å². The number of hydrogen-bond acceptors (Lipinski definition) is 6. The van der Waals surface area contributed by atoms with Gasteiger partial charge >= 0.3 is 5.97 Å². The van der Waals surface area contributed by atoms with E-state index in [0.29, 0.717) is 0 Å². The number of hydrogen-bond donors (Lipinski definition) is 1. The van der Waals surface area contributed by atoms with Crippen LogP contribution in [0.25, 0.3) is 0 Å². The van der Waals surface area contributed by atoms with Crippen LogP contribution in [0.3, 0.4) is 0 Å². The third-order valence-corrected chi connectivity index (χ3v) is 2.32. The number of anilines is 1. The van der Waals surface area contributed by atoms with Gasteiger partial charge < -0.3 is 15.2 Å². The SMILES string of the molecule is CC(C)(C)OCCOC(=O)c1ccc([N+](=O)[O-])cc1N. The largest absolute Gasteiger partial charge is 0.460 e. The number of nitro groups is 1. The molecule has 0 saturated heterocycles.